The van der Waals surface area contributed by atoms with E-state index in [9.17, 15) is 0 Å². The third-order valence-electron chi connectivity index (χ3n) is 3.68. The first kappa shape index (κ1) is 13.1. The molecular formula is C15H25NS. The van der Waals surface area contributed by atoms with E-state index in [1.165, 1.54) is 30.7 Å². The molecule has 1 N–H and O–H groups in total. The van der Waals surface area contributed by atoms with Crippen molar-refractivity contribution in [1.82, 2.24) is 5.32 Å². The fourth-order valence-corrected chi connectivity index (χ4v) is 3.85. The topological polar surface area (TPSA) is 12.0 Å². The van der Waals surface area contributed by atoms with Crippen LogP contribution < -0.4 is 5.32 Å². The van der Waals surface area contributed by atoms with E-state index in [1.807, 2.05) is 11.3 Å². The molecule has 96 valence electrons. The number of rotatable bonds is 3. The molecule has 1 aliphatic rings. The van der Waals surface area contributed by atoms with Gasteiger partial charge in [0.1, 0.15) is 0 Å². The molecule has 0 aliphatic heterocycles. The normalized spacial score (nSPS) is 25.4. The van der Waals surface area contributed by atoms with E-state index in [-0.39, 0.29) is 5.54 Å². The van der Waals surface area contributed by atoms with Crippen molar-refractivity contribution in [3.05, 3.63) is 21.9 Å². The minimum absolute atomic E-state index is 0.249. The minimum atomic E-state index is 0.249. The van der Waals surface area contributed by atoms with Gasteiger partial charge in [0.15, 0.2) is 0 Å². The van der Waals surface area contributed by atoms with Crippen molar-refractivity contribution < 1.29 is 0 Å². The highest BCUT2D eigenvalue weighted by atomic mass is 32.1. The van der Waals surface area contributed by atoms with Gasteiger partial charge in [-0.05, 0) is 71.0 Å². The van der Waals surface area contributed by atoms with Crippen molar-refractivity contribution in [2.45, 2.75) is 58.4 Å². The van der Waals surface area contributed by atoms with E-state index < -0.39 is 0 Å². The van der Waals surface area contributed by atoms with E-state index in [2.05, 4.69) is 45.1 Å². The molecule has 0 spiro atoms. The third-order valence-corrected chi connectivity index (χ3v) is 4.81. The summed E-state index contributed by atoms with van der Waals surface area (Å²) in [6.07, 6.45) is 4.18. The standard InChI is InChI=1S/C15H25NS/c1-11-8-9-14(17-11)13-7-5-6-12(13)10-16-15(2,3)4/h8-9,12-13,16H,5-7,10H2,1-4H3. The Kier molecular flexibility index (Phi) is 3.94. The zero-order chi connectivity index (χ0) is 12.5. The van der Waals surface area contributed by atoms with Gasteiger partial charge in [0.2, 0.25) is 0 Å². The lowest BCUT2D eigenvalue weighted by Crippen LogP contribution is -2.39. The van der Waals surface area contributed by atoms with E-state index >= 15 is 0 Å². The molecule has 2 heteroatoms. The molecule has 1 nitrogen and oxygen atoms in total. The zero-order valence-electron chi connectivity index (χ0n) is 11.5. The summed E-state index contributed by atoms with van der Waals surface area (Å²) in [7, 11) is 0. The van der Waals surface area contributed by atoms with E-state index in [1.54, 1.807) is 4.88 Å². The van der Waals surface area contributed by atoms with E-state index in [4.69, 9.17) is 0 Å². The molecule has 1 aromatic rings. The summed E-state index contributed by atoms with van der Waals surface area (Å²) in [4.78, 5) is 3.06. The molecule has 1 aromatic heterocycles. The fraction of sp³-hybridized carbons (Fsp3) is 0.733. The smallest absolute Gasteiger partial charge is 0.00966 e. The van der Waals surface area contributed by atoms with Gasteiger partial charge < -0.3 is 5.32 Å². The summed E-state index contributed by atoms with van der Waals surface area (Å²) < 4.78 is 0. The Labute approximate surface area is 110 Å². The molecule has 0 aromatic carbocycles. The van der Waals surface area contributed by atoms with Gasteiger partial charge in [-0.2, -0.15) is 0 Å². The van der Waals surface area contributed by atoms with Gasteiger partial charge in [0, 0.05) is 15.3 Å². The quantitative estimate of drug-likeness (QED) is 0.843. The highest BCUT2D eigenvalue weighted by Crippen LogP contribution is 2.41. The number of thiophene rings is 1. The van der Waals surface area contributed by atoms with Crippen LogP contribution in [0.1, 0.15) is 55.7 Å². The summed E-state index contributed by atoms with van der Waals surface area (Å²) in [6.45, 7) is 10.2. The zero-order valence-corrected chi connectivity index (χ0v) is 12.4. The van der Waals surface area contributed by atoms with Crippen LogP contribution in [0, 0.1) is 12.8 Å². The summed E-state index contributed by atoms with van der Waals surface area (Å²) >= 11 is 1.99. The van der Waals surface area contributed by atoms with Crippen LogP contribution in [-0.2, 0) is 0 Å². The van der Waals surface area contributed by atoms with Crippen molar-refractivity contribution in [3.63, 3.8) is 0 Å². The molecule has 2 unspecified atom stereocenters. The van der Waals surface area contributed by atoms with Crippen molar-refractivity contribution >= 4 is 11.3 Å². The van der Waals surface area contributed by atoms with Crippen LogP contribution >= 0.6 is 11.3 Å². The van der Waals surface area contributed by atoms with E-state index in [0.29, 0.717) is 0 Å². The van der Waals surface area contributed by atoms with Crippen molar-refractivity contribution in [2.24, 2.45) is 5.92 Å². The van der Waals surface area contributed by atoms with Gasteiger partial charge in [-0.3, -0.25) is 0 Å². The van der Waals surface area contributed by atoms with Crippen molar-refractivity contribution in [2.75, 3.05) is 6.54 Å². The maximum atomic E-state index is 3.67. The van der Waals surface area contributed by atoms with Crippen molar-refractivity contribution in [3.8, 4) is 0 Å². The van der Waals surface area contributed by atoms with Gasteiger partial charge in [0.25, 0.3) is 0 Å². The van der Waals surface area contributed by atoms with Crippen LogP contribution in [0.15, 0.2) is 12.1 Å². The molecule has 2 atom stereocenters. The molecule has 1 aliphatic carbocycles. The first-order valence-corrected chi connectivity index (χ1v) is 7.59. The fourth-order valence-electron chi connectivity index (χ4n) is 2.75. The molecule has 0 radical (unpaired) electrons. The van der Waals surface area contributed by atoms with Crippen LogP contribution in [0.3, 0.4) is 0 Å². The summed E-state index contributed by atoms with van der Waals surface area (Å²) in [5.41, 5.74) is 0.249. The average Bonchev–Trinajstić information content (AvgIpc) is 2.81. The number of hydrogen-bond acceptors (Lipinski definition) is 2. The lowest BCUT2D eigenvalue weighted by molar-refractivity contribution is 0.358. The van der Waals surface area contributed by atoms with Gasteiger partial charge in [-0.1, -0.05) is 6.42 Å². The molecular weight excluding hydrogens is 226 g/mol. The molecule has 0 bridgehead atoms. The average molecular weight is 251 g/mol. The largest absolute Gasteiger partial charge is 0.312 e. The lowest BCUT2D eigenvalue weighted by atomic mass is 9.93. The Morgan fingerprint density at radius 2 is 2.06 bits per heavy atom. The van der Waals surface area contributed by atoms with Crippen LogP contribution in [0.2, 0.25) is 0 Å². The lowest BCUT2D eigenvalue weighted by Gasteiger charge is -2.26. The van der Waals surface area contributed by atoms with E-state index in [0.717, 1.165) is 11.8 Å². The Morgan fingerprint density at radius 1 is 1.29 bits per heavy atom. The Morgan fingerprint density at radius 3 is 2.65 bits per heavy atom. The second-order valence-electron chi connectivity index (χ2n) is 6.38. The predicted molar refractivity (Wildman–Crippen MR) is 76.9 cm³/mol. The maximum Gasteiger partial charge on any atom is 0.00966 e. The summed E-state index contributed by atoms with van der Waals surface area (Å²) in [5, 5.41) is 3.67. The first-order valence-electron chi connectivity index (χ1n) is 6.77. The van der Waals surface area contributed by atoms with Crippen LogP contribution in [-0.4, -0.2) is 12.1 Å². The predicted octanol–water partition coefficient (Wildman–Crippen LogP) is 4.33. The number of aryl methyl sites for hydroxylation is 1. The highest BCUT2D eigenvalue weighted by Gasteiger charge is 2.30. The maximum absolute atomic E-state index is 3.67. The van der Waals surface area contributed by atoms with Crippen LogP contribution in [0.25, 0.3) is 0 Å². The second kappa shape index (κ2) is 5.11. The van der Waals surface area contributed by atoms with Gasteiger partial charge in [-0.25, -0.2) is 0 Å². The third kappa shape index (κ3) is 3.56. The molecule has 2 rings (SSSR count). The minimum Gasteiger partial charge on any atom is -0.312 e. The Balaban J connectivity index is 1.98. The van der Waals surface area contributed by atoms with Gasteiger partial charge in [-0.15, -0.1) is 11.3 Å². The Hall–Kier alpha value is -0.340. The SMILES string of the molecule is Cc1ccc(C2CCCC2CNC(C)(C)C)s1. The van der Waals surface area contributed by atoms with Crippen molar-refractivity contribution in [1.29, 1.82) is 0 Å². The molecule has 17 heavy (non-hydrogen) atoms. The highest BCUT2D eigenvalue weighted by molar-refractivity contribution is 7.12. The first-order chi connectivity index (χ1) is 7.96. The molecule has 1 heterocycles. The van der Waals surface area contributed by atoms with Gasteiger partial charge in [0.05, 0.1) is 0 Å². The van der Waals surface area contributed by atoms with Crippen LogP contribution in [0.4, 0.5) is 0 Å². The molecule has 0 saturated heterocycles. The number of nitrogens with one attached hydrogen (secondary N) is 1. The van der Waals surface area contributed by atoms with Crippen LogP contribution in [0.5, 0.6) is 0 Å². The Bertz CT molecular complexity index is 361. The molecule has 0 amide bonds. The molecule has 1 saturated carbocycles. The summed E-state index contributed by atoms with van der Waals surface area (Å²) in [6, 6.07) is 4.62. The van der Waals surface area contributed by atoms with Gasteiger partial charge >= 0.3 is 0 Å². The second-order valence-corrected chi connectivity index (χ2v) is 7.70. The molecule has 1 fully saturated rings. The summed E-state index contributed by atoms with van der Waals surface area (Å²) in [5.74, 6) is 1.65. The number of hydrogen-bond donors (Lipinski definition) is 1. The monoisotopic (exact) mass is 251 g/mol.